The molecule has 4 nitrogen and oxygen atoms in total. The van der Waals surface area contributed by atoms with Crippen LogP contribution in [0, 0.1) is 0 Å². The SMILES string of the molecule is CCCOC(=O)c1ccc(NC(=O)C=Cc2cccs2)cc1. The number of ether oxygens (including phenoxy) is 1. The summed E-state index contributed by atoms with van der Waals surface area (Å²) in [6.45, 7) is 2.35. The van der Waals surface area contributed by atoms with E-state index in [1.165, 1.54) is 6.08 Å². The highest BCUT2D eigenvalue weighted by atomic mass is 32.1. The van der Waals surface area contributed by atoms with Gasteiger partial charge in [-0.1, -0.05) is 13.0 Å². The monoisotopic (exact) mass is 315 g/mol. The van der Waals surface area contributed by atoms with Gasteiger partial charge in [-0.3, -0.25) is 4.79 Å². The zero-order valence-electron chi connectivity index (χ0n) is 12.2. The van der Waals surface area contributed by atoms with Crippen LogP contribution in [-0.2, 0) is 9.53 Å². The summed E-state index contributed by atoms with van der Waals surface area (Å²) in [5.74, 6) is -0.563. The van der Waals surface area contributed by atoms with E-state index in [1.54, 1.807) is 41.7 Å². The van der Waals surface area contributed by atoms with Crippen LogP contribution in [0.1, 0.15) is 28.6 Å². The zero-order valence-corrected chi connectivity index (χ0v) is 13.1. The first-order valence-corrected chi connectivity index (χ1v) is 7.87. The fourth-order valence-corrected chi connectivity index (χ4v) is 2.31. The summed E-state index contributed by atoms with van der Waals surface area (Å²) in [4.78, 5) is 24.5. The van der Waals surface area contributed by atoms with Gasteiger partial charge in [0.15, 0.2) is 0 Å². The van der Waals surface area contributed by atoms with Gasteiger partial charge in [-0.25, -0.2) is 4.79 Å². The molecular weight excluding hydrogens is 298 g/mol. The molecule has 0 aliphatic rings. The number of nitrogens with one attached hydrogen (secondary N) is 1. The Bertz CT molecular complexity index is 645. The summed E-state index contributed by atoms with van der Waals surface area (Å²) >= 11 is 1.56. The van der Waals surface area contributed by atoms with Crippen LogP contribution in [0.4, 0.5) is 5.69 Å². The molecule has 2 rings (SSSR count). The van der Waals surface area contributed by atoms with E-state index in [0.717, 1.165) is 11.3 Å². The molecule has 0 bridgehead atoms. The molecule has 1 N–H and O–H groups in total. The molecule has 0 atom stereocenters. The molecule has 0 radical (unpaired) electrons. The number of hydrogen-bond donors (Lipinski definition) is 1. The lowest BCUT2D eigenvalue weighted by Crippen LogP contribution is -2.09. The van der Waals surface area contributed by atoms with Crippen LogP contribution in [0.25, 0.3) is 6.08 Å². The van der Waals surface area contributed by atoms with E-state index in [9.17, 15) is 9.59 Å². The number of esters is 1. The minimum atomic E-state index is -0.350. The van der Waals surface area contributed by atoms with Crippen LogP contribution in [0.2, 0.25) is 0 Å². The molecule has 0 saturated heterocycles. The van der Waals surface area contributed by atoms with Crippen LogP contribution >= 0.6 is 11.3 Å². The molecule has 0 aliphatic carbocycles. The van der Waals surface area contributed by atoms with Gasteiger partial charge in [-0.05, 0) is 48.2 Å². The predicted octanol–water partition coefficient (Wildman–Crippen LogP) is 3.97. The van der Waals surface area contributed by atoms with E-state index >= 15 is 0 Å². The van der Waals surface area contributed by atoms with E-state index in [4.69, 9.17) is 4.74 Å². The van der Waals surface area contributed by atoms with Gasteiger partial charge in [0.25, 0.3) is 0 Å². The molecule has 2 aromatic rings. The lowest BCUT2D eigenvalue weighted by Gasteiger charge is -2.05. The van der Waals surface area contributed by atoms with Crippen LogP contribution in [0.5, 0.6) is 0 Å². The second kappa shape index (κ2) is 8.14. The van der Waals surface area contributed by atoms with Crippen LogP contribution in [-0.4, -0.2) is 18.5 Å². The maximum atomic E-state index is 11.8. The Hall–Kier alpha value is -2.40. The molecule has 0 aliphatic heterocycles. The van der Waals surface area contributed by atoms with Gasteiger partial charge in [0.2, 0.25) is 5.91 Å². The Balaban J connectivity index is 1.90. The van der Waals surface area contributed by atoms with Crippen molar-refractivity contribution in [1.82, 2.24) is 0 Å². The number of carbonyl (C=O) groups excluding carboxylic acids is 2. The van der Waals surface area contributed by atoms with E-state index in [0.29, 0.717) is 17.9 Å². The Kier molecular flexibility index (Phi) is 5.91. The normalized spacial score (nSPS) is 10.6. The molecule has 1 aromatic carbocycles. The van der Waals surface area contributed by atoms with Gasteiger partial charge >= 0.3 is 5.97 Å². The number of benzene rings is 1. The fourth-order valence-electron chi connectivity index (χ4n) is 1.70. The molecular formula is C17H17NO3S. The predicted molar refractivity (Wildman–Crippen MR) is 89.0 cm³/mol. The number of anilines is 1. The van der Waals surface area contributed by atoms with Crippen LogP contribution in [0.3, 0.4) is 0 Å². The Labute approximate surface area is 133 Å². The van der Waals surface area contributed by atoms with Crippen molar-refractivity contribution in [2.24, 2.45) is 0 Å². The van der Waals surface area contributed by atoms with E-state index in [2.05, 4.69) is 5.32 Å². The van der Waals surface area contributed by atoms with Gasteiger partial charge in [-0.2, -0.15) is 0 Å². The summed E-state index contributed by atoms with van der Waals surface area (Å²) in [5.41, 5.74) is 1.11. The molecule has 22 heavy (non-hydrogen) atoms. The first-order chi connectivity index (χ1) is 10.7. The van der Waals surface area contributed by atoms with Crippen molar-refractivity contribution in [3.8, 4) is 0 Å². The van der Waals surface area contributed by atoms with E-state index < -0.39 is 0 Å². The van der Waals surface area contributed by atoms with Crippen molar-refractivity contribution >= 4 is 35.0 Å². The van der Waals surface area contributed by atoms with Gasteiger partial charge in [0.05, 0.1) is 12.2 Å². The lowest BCUT2D eigenvalue weighted by molar-refractivity contribution is -0.111. The Morgan fingerprint density at radius 1 is 1.23 bits per heavy atom. The molecule has 0 spiro atoms. The third-order valence-corrected chi connectivity index (χ3v) is 3.61. The van der Waals surface area contributed by atoms with Crippen molar-refractivity contribution in [3.05, 3.63) is 58.3 Å². The maximum absolute atomic E-state index is 11.8. The van der Waals surface area contributed by atoms with Gasteiger partial charge in [-0.15, -0.1) is 11.3 Å². The quantitative estimate of drug-likeness (QED) is 0.648. The average molecular weight is 315 g/mol. The summed E-state index contributed by atoms with van der Waals surface area (Å²) in [5, 5.41) is 4.69. The van der Waals surface area contributed by atoms with Gasteiger partial charge < -0.3 is 10.1 Å². The molecule has 1 aromatic heterocycles. The number of thiophene rings is 1. The van der Waals surface area contributed by atoms with Gasteiger partial charge in [0, 0.05) is 16.6 Å². The number of amides is 1. The van der Waals surface area contributed by atoms with Crippen molar-refractivity contribution in [3.63, 3.8) is 0 Å². The molecule has 114 valence electrons. The fraction of sp³-hybridized carbons (Fsp3) is 0.176. The molecule has 1 amide bonds. The summed E-state index contributed by atoms with van der Waals surface area (Å²) < 4.78 is 5.04. The average Bonchev–Trinajstić information content (AvgIpc) is 3.05. The largest absolute Gasteiger partial charge is 0.462 e. The number of hydrogen-bond acceptors (Lipinski definition) is 4. The highest BCUT2D eigenvalue weighted by molar-refractivity contribution is 7.10. The van der Waals surface area contributed by atoms with Crippen molar-refractivity contribution in [1.29, 1.82) is 0 Å². The summed E-state index contributed by atoms with van der Waals surface area (Å²) in [6.07, 6.45) is 4.03. The Morgan fingerprint density at radius 2 is 2.00 bits per heavy atom. The third kappa shape index (κ3) is 4.86. The molecule has 1 heterocycles. The molecule has 0 fully saturated rings. The maximum Gasteiger partial charge on any atom is 0.338 e. The molecule has 0 saturated carbocycles. The smallest absolute Gasteiger partial charge is 0.338 e. The topological polar surface area (TPSA) is 55.4 Å². The van der Waals surface area contributed by atoms with Crippen LogP contribution < -0.4 is 5.32 Å². The van der Waals surface area contributed by atoms with Crippen molar-refractivity contribution in [2.45, 2.75) is 13.3 Å². The summed E-state index contributed by atoms with van der Waals surface area (Å²) in [6, 6.07) is 10.5. The van der Waals surface area contributed by atoms with E-state index in [1.807, 2.05) is 24.4 Å². The number of carbonyl (C=O) groups is 2. The van der Waals surface area contributed by atoms with Crippen LogP contribution in [0.15, 0.2) is 47.9 Å². The first kappa shape index (κ1) is 16.0. The van der Waals surface area contributed by atoms with E-state index in [-0.39, 0.29) is 11.9 Å². The first-order valence-electron chi connectivity index (χ1n) is 6.99. The highest BCUT2D eigenvalue weighted by Crippen LogP contribution is 2.12. The minimum Gasteiger partial charge on any atom is -0.462 e. The standard InChI is InChI=1S/C17H17NO3S/c1-2-11-21-17(20)13-5-7-14(8-6-13)18-16(19)10-9-15-4-3-12-22-15/h3-10,12H,2,11H2,1H3,(H,18,19). The highest BCUT2D eigenvalue weighted by Gasteiger charge is 2.06. The molecule has 0 unspecified atom stereocenters. The Morgan fingerprint density at radius 3 is 2.64 bits per heavy atom. The minimum absolute atomic E-state index is 0.213. The van der Waals surface area contributed by atoms with Crippen molar-refractivity contribution in [2.75, 3.05) is 11.9 Å². The third-order valence-electron chi connectivity index (χ3n) is 2.77. The second-order valence-corrected chi connectivity index (χ2v) is 5.53. The number of rotatable bonds is 6. The summed E-state index contributed by atoms with van der Waals surface area (Å²) in [7, 11) is 0. The lowest BCUT2D eigenvalue weighted by atomic mass is 10.2. The second-order valence-electron chi connectivity index (χ2n) is 4.55. The zero-order chi connectivity index (χ0) is 15.8. The van der Waals surface area contributed by atoms with Crippen molar-refractivity contribution < 1.29 is 14.3 Å². The van der Waals surface area contributed by atoms with Gasteiger partial charge in [0.1, 0.15) is 0 Å². The molecule has 5 heteroatoms.